The van der Waals surface area contributed by atoms with Gasteiger partial charge in [0.2, 0.25) is 0 Å². The second-order valence-corrected chi connectivity index (χ2v) is 3.19. The van der Waals surface area contributed by atoms with Crippen LogP contribution in [-0.4, -0.2) is 17.7 Å². The van der Waals surface area contributed by atoms with E-state index in [1.807, 2.05) is 19.3 Å². The fourth-order valence-electron chi connectivity index (χ4n) is 1.67. The number of rotatable bonds is 1. The predicted molar refractivity (Wildman–Crippen MR) is 48.9 cm³/mol. The van der Waals surface area contributed by atoms with Crippen LogP contribution in [0, 0.1) is 0 Å². The Labute approximate surface area is 72.2 Å². The van der Waals surface area contributed by atoms with Crippen LogP contribution in [0.15, 0.2) is 18.5 Å². The standard InChI is InChI=1S/C9H13N3/c1-7(10)12-5-3-8-2-4-11-6-9(8)12/h2,4,6-7H,3,5,10H2,1H3. The molecule has 0 bridgehead atoms. The summed E-state index contributed by atoms with van der Waals surface area (Å²) in [5.41, 5.74) is 8.38. The molecule has 1 aliphatic heterocycles. The van der Waals surface area contributed by atoms with Crippen LogP contribution in [0.25, 0.3) is 0 Å². The Morgan fingerprint density at radius 3 is 3.25 bits per heavy atom. The summed E-state index contributed by atoms with van der Waals surface area (Å²) in [5, 5.41) is 0. The monoisotopic (exact) mass is 163 g/mol. The number of hydrogen-bond donors (Lipinski definition) is 1. The molecule has 0 spiro atoms. The smallest absolute Gasteiger partial charge is 0.0743 e. The van der Waals surface area contributed by atoms with E-state index >= 15 is 0 Å². The van der Waals surface area contributed by atoms with Crippen LogP contribution in [-0.2, 0) is 6.42 Å². The molecular formula is C9H13N3. The van der Waals surface area contributed by atoms with Crippen LogP contribution in [0.1, 0.15) is 12.5 Å². The van der Waals surface area contributed by atoms with Crippen molar-refractivity contribution < 1.29 is 0 Å². The first kappa shape index (κ1) is 7.55. The van der Waals surface area contributed by atoms with Gasteiger partial charge in [0.1, 0.15) is 0 Å². The maximum absolute atomic E-state index is 5.81. The maximum Gasteiger partial charge on any atom is 0.0743 e. The number of nitrogens with two attached hydrogens (primary N) is 1. The second kappa shape index (κ2) is 2.75. The Kier molecular flexibility index (Phi) is 1.73. The summed E-state index contributed by atoms with van der Waals surface area (Å²) in [4.78, 5) is 6.27. The molecule has 12 heavy (non-hydrogen) atoms. The molecule has 0 saturated carbocycles. The molecule has 1 unspecified atom stereocenters. The lowest BCUT2D eigenvalue weighted by Crippen LogP contribution is -2.38. The molecular weight excluding hydrogens is 150 g/mol. The van der Waals surface area contributed by atoms with Gasteiger partial charge in [-0.25, -0.2) is 0 Å². The Bertz CT molecular complexity index is 283. The van der Waals surface area contributed by atoms with Gasteiger partial charge < -0.3 is 10.6 Å². The third-order valence-electron chi connectivity index (χ3n) is 2.31. The lowest BCUT2D eigenvalue weighted by Gasteiger charge is -2.22. The van der Waals surface area contributed by atoms with Gasteiger partial charge in [0.25, 0.3) is 0 Å². The highest BCUT2D eigenvalue weighted by atomic mass is 15.2. The molecule has 0 fully saturated rings. The molecule has 1 aromatic heterocycles. The molecule has 0 saturated heterocycles. The molecule has 2 N–H and O–H groups in total. The molecule has 0 radical (unpaired) electrons. The van der Waals surface area contributed by atoms with Gasteiger partial charge in [0.15, 0.2) is 0 Å². The quantitative estimate of drug-likeness (QED) is 0.664. The maximum atomic E-state index is 5.81. The van der Waals surface area contributed by atoms with Crippen molar-refractivity contribution in [1.29, 1.82) is 0 Å². The summed E-state index contributed by atoms with van der Waals surface area (Å²) in [7, 11) is 0. The number of aromatic nitrogens is 1. The van der Waals surface area contributed by atoms with Gasteiger partial charge in [-0.2, -0.15) is 0 Å². The Morgan fingerprint density at radius 1 is 1.67 bits per heavy atom. The summed E-state index contributed by atoms with van der Waals surface area (Å²) < 4.78 is 0. The van der Waals surface area contributed by atoms with Gasteiger partial charge in [-0.05, 0) is 25.0 Å². The van der Waals surface area contributed by atoms with Gasteiger partial charge >= 0.3 is 0 Å². The normalized spacial score (nSPS) is 17.7. The van der Waals surface area contributed by atoms with Crippen molar-refractivity contribution in [2.24, 2.45) is 5.73 Å². The molecule has 1 aromatic rings. The van der Waals surface area contributed by atoms with E-state index in [1.54, 1.807) is 0 Å². The Morgan fingerprint density at radius 2 is 2.50 bits per heavy atom. The molecule has 3 heteroatoms. The van der Waals surface area contributed by atoms with E-state index in [-0.39, 0.29) is 6.17 Å². The summed E-state index contributed by atoms with van der Waals surface area (Å²) in [6.07, 6.45) is 4.92. The summed E-state index contributed by atoms with van der Waals surface area (Å²) in [6, 6.07) is 2.07. The van der Waals surface area contributed by atoms with E-state index in [9.17, 15) is 0 Å². The van der Waals surface area contributed by atoms with Crippen molar-refractivity contribution in [3.8, 4) is 0 Å². The lowest BCUT2D eigenvalue weighted by molar-refractivity contribution is 0.681. The zero-order chi connectivity index (χ0) is 8.55. The first-order valence-corrected chi connectivity index (χ1v) is 4.24. The first-order valence-electron chi connectivity index (χ1n) is 4.24. The minimum absolute atomic E-state index is 0.0930. The largest absolute Gasteiger partial charge is 0.355 e. The number of fused-ring (bicyclic) bond motifs is 1. The molecule has 1 atom stereocenters. The molecule has 0 aliphatic carbocycles. The number of anilines is 1. The van der Waals surface area contributed by atoms with Crippen LogP contribution < -0.4 is 10.6 Å². The third-order valence-corrected chi connectivity index (χ3v) is 2.31. The second-order valence-electron chi connectivity index (χ2n) is 3.19. The molecule has 2 rings (SSSR count). The molecule has 2 heterocycles. The van der Waals surface area contributed by atoms with Gasteiger partial charge in [-0.1, -0.05) is 0 Å². The van der Waals surface area contributed by atoms with E-state index < -0.39 is 0 Å². The Hall–Kier alpha value is -1.09. The van der Waals surface area contributed by atoms with E-state index in [2.05, 4.69) is 16.0 Å². The predicted octanol–water partition coefficient (Wildman–Crippen LogP) is 0.749. The molecule has 0 amide bonds. The van der Waals surface area contributed by atoms with Crippen LogP contribution in [0.2, 0.25) is 0 Å². The minimum atomic E-state index is 0.0930. The lowest BCUT2D eigenvalue weighted by atomic mass is 10.2. The minimum Gasteiger partial charge on any atom is -0.355 e. The first-order chi connectivity index (χ1) is 5.79. The van der Waals surface area contributed by atoms with E-state index in [1.165, 1.54) is 11.3 Å². The molecule has 0 aromatic carbocycles. The van der Waals surface area contributed by atoms with Crippen molar-refractivity contribution in [3.63, 3.8) is 0 Å². The van der Waals surface area contributed by atoms with Gasteiger partial charge in [-0.15, -0.1) is 0 Å². The number of pyridine rings is 1. The van der Waals surface area contributed by atoms with Crippen LogP contribution >= 0.6 is 0 Å². The fourth-order valence-corrected chi connectivity index (χ4v) is 1.67. The third kappa shape index (κ3) is 1.06. The van der Waals surface area contributed by atoms with Crippen molar-refractivity contribution in [1.82, 2.24) is 4.98 Å². The fraction of sp³-hybridized carbons (Fsp3) is 0.444. The zero-order valence-corrected chi connectivity index (χ0v) is 7.20. The highest BCUT2D eigenvalue weighted by Gasteiger charge is 2.20. The van der Waals surface area contributed by atoms with Crippen molar-refractivity contribution in [2.75, 3.05) is 11.4 Å². The summed E-state index contributed by atoms with van der Waals surface area (Å²) in [5.74, 6) is 0. The Balaban J connectivity index is 2.36. The van der Waals surface area contributed by atoms with Gasteiger partial charge in [-0.3, -0.25) is 4.98 Å². The molecule has 1 aliphatic rings. The SMILES string of the molecule is CC(N)N1CCc2ccncc21. The van der Waals surface area contributed by atoms with E-state index in [4.69, 9.17) is 5.73 Å². The van der Waals surface area contributed by atoms with Crippen molar-refractivity contribution in [3.05, 3.63) is 24.0 Å². The van der Waals surface area contributed by atoms with Crippen molar-refractivity contribution in [2.45, 2.75) is 19.5 Å². The van der Waals surface area contributed by atoms with Crippen molar-refractivity contribution >= 4 is 5.69 Å². The van der Waals surface area contributed by atoms with E-state index in [0.29, 0.717) is 0 Å². The van der Waals surface area contributed by atoms with Crippen LogP contribution in [0.5, 0.6) is 0 Å². The highest BCUT2D eigenvalue weighted by molar-refractivity contribution is 5.56. The zero-order valence-electron chi connectivity index (χ0n) is 7.20. The topological polar surface area (TPSA) is 42.1 Å². The molecule has 3 nitrogen and oxygen atoms in total. The van der Waals surface area contributed by atoms with E-state index in [0.717, 1.165) is 13.0 Å². The highest BCUT2D eigenvalue weighted by Crippen LogP contribution is 2.26. The number of nitrogens with zero attached hydrogens (tertiary/aromatic N) is 2. The average molecular weight is 163 g/mol. The van der Waals surface area contributed by atoms with Crippen LogP contribution in [0.4, 0.5) is 5.69 Å². The van der Waals surface area contributed by atoms with Gasteiger partial charge in [0.05, 0.1) is 18.1 Å². The average Bonchev–Trinajstić information content (AvgIpc) is 2.47. The summed E-state index contributed by atoms with van der Waals surface area (Å²) >= 11 is 0. The summed E-state index contributed by atoms with van der Waals surface area (Å²) in [6.45, 7) is 3.03. The van der Waals surface area contributed by atoms with Gasteiger partial charge in [0, 0.05) is 12.7 Å². The molecule has 64 valence electrons. The number of hydrogen-bond acceptors (Lipinski definition) is 3. The van der Waals surface area contributed by atoms with Crippen LogP contribution in [0.3, 0.4) is 0 Å².